The molecule has 7 nitrogen and oxygen atoms in total. The van der Waals surface area contributed by atoms with Crippen LogP contribution < -0.4 is 10.6 Å². The summed E-state index contributed by atoms with van der Waals surface area (Å²) in [7, 11) is 1.64. The number of hydrogen-bond acceptors (Lipinski definition) is 4. The molecule has 8 heteroatoms. The van der Waals surface area contributed by atoms with Crippen molar-refractivity contribution in [1.29, 1.82) is 0 Å². The fourth-order valence-electron chi connectivity index (χ4n) is 3.37. The molecule has 2 atom stereocenters. The van der Waals surface area contributed by atoms with Crippen molar-refractivity contribution in [2.75, 3.05) is 20.2 Å². The molecule has 2 aromatic rings. The molecule has 1 aromatic carbocycles. The highest BCUT2D eigenvalue weighted by Crippen LogP contribution is 2.18. The van der Waals surface area contributed by atoms with Crippen LogP contribution in [0.2, 0.25) is 0 Å². The third kappa shape index (κ3) is 5.53. The van der Waals surface area contributed by atoms with E-state index in [9.17, 15) is 4.39 Å². The number of ether oxygens (including phenoxy) is 1. The first kappa shape index (κ1) is 21.2. The Morgan fingerprint density at radius 1 is 1.34 bits per heavy atom. The largest absolute Gasteiger partial charge is 0.375 e. The topological polar surface area (TPSA) is 76.4 Å². The van der Waals surface area contributed by atoms with Crippen LogP contribution in [0.5, 0.6) is 0 Å². The van der Waals surface area contributed by atoms with Crippen LogP contribution in [0.15, 0.2) is 29.3 Å². The lowest BCUT2D eigenvalue weighted by Crippen LogP contribution is -2.47. The lowest BCUT2D eigenvalue weighted by atomic mass is 10.1. The number of nitrogens with zero attached hydrogens (tertiary/aromatic N) is 4. The van der Waals surface area contributed by atoms with Crippen LogP contribution >= 0.6 is 0 Å². The number of benzene rings is 1. The standard InChI is InChI=1S/C21H31FN6O/c1-5-23-21(24-12-18(29-4)15-6-8-16(22)9-7-15)25-17-10-11-19-26-20(14(2)3)27-28(19)13-17/h6-9,14,17-18H,5,10-13H2,1-4H3,(H2,23,24,25). The number of aliphatic imine (C=N–C) groups is 1. The molecule has 158 valence electrons. The number of methoxy groups -OCH3 is 1. The van der Waals surface area contributed by atoms with E-state index in [1.165, 1.54) is 12.1 Å². The quantitative estimate of drug-likeness (QED) is 0.550. The zero-order valence-electron chi connectivity index (χ0n) is 17.7. The van der Waals surface area contributed by atoms with Crippen molar-refractivity contribution in [3.8, 4) is 0 Å². The monoisotopic (exact) mass is 402 g/mol. The second-order valence-corrected chi connectivity index (χ2v) is 7.60. The number of rotatable bonds is 7. The molecular weight excluding hydrogens is 371 g/mol. The number of halogens is 1. The maximum absolute atomic E-state index is 13.2. The molecule has 0 spiro atoms. The predicted octanol–water partition coefficient (Wildman–Crippen LogP) is 2.80. The van der Waals surface area contributed by atoms with Crippen molar-refractivity contribution in [2.24, 2.45) is 4.99 Å². The smallest absolute Gasteiger partial charge is 0.191 e. The summed E-state index contributed by atoms with van der Waals surface area (Å²) in [6.45, 7) is 8.23. The number of fused-ring (bicyclic) bond motifs is 1. The molecule has 2 N–H and O–H groups in total. The lowest BCUT2D eigenvalue weighted by molar-refractivity contribution is 0.111. The average Bonchev–Trinajstić information content (AvgIpc) is 3.13. The van der Waals surface area contributed by atoms with Crippen LogP contribution in [-0.4, -0.2) is 47.0 Å². The molecule has 0 bridgehead atoms. The van der Waals surface area contributed by atoms with Gasteiger partial charge >= 0.3 is 0 Å². The van der Waals surface area contributed by atoms with E-state index in [4.69, 9.17) is 9.73 Å². The van der Waals surface area contributed by atoms with Gasteiger partial charge < -0.3 is 15.4 Å². The van der Waals surface area contributed by atoms with Gasteiger partial charge in [0.05, 0.1) is 13.1 Å². The molecule has 0 fully saturated rings. The van der Waals surface area contributed by atoms with E-state index in [2.05, 4.69) is 34.6 Å². The van der Waals surface area contributed by atoms with Crippen LogP contribution in [0.1, 0.15) is 56.4 Å². The van der Waals surface area contributed by atoms with E-state index < -0.39 is 0 Å². The molecule has 1 aliphatic rings. The summed E-state index contributed by atoms with van der Waals surface area (Å²) in [6, 6.07) is 6.59. The van der Waals surface area contributed by atoms with Crippen molar-refractivity contribution >= 4 is 5.96 Å². The normalized spacial score (nSPS) is 17.9. The third-order valence-electron chi connectivity index (χ3n) is 5.02. The summed E-state index contributed by atoms with van der Waals surface area (Å²) in [5.41, 5.74) is 0.902. The Balaban J connectivity index is 1.65. The second-order valence-electron chi connectivity index (χ2n) is 7.60. The summed E-state index contributed by atoms with van der Waals surface area (Å²) in [5.74, 6) is 2.78. The predicted molar refractivity (Wildman–Crippen MR) is 111 cm³/mol. The number of aromatic nitrogens is 3. The first-order valence-corrected chi connectivity index (χ1v) is 10.3. The molecule has 0 saturated heterocycles. The summed E-state index contributed by atoms with van der Waals surface area (Å²) >= 11 is 0. The van der Waals surface area contributed by atoms with Crippen LogP contribution in [0.25, 0.3) is 0 Å². The summed E-state index contributed by atoms with van der Waals surface area (Å²) in [5, 5.41) is 11.4. The van der Waals surface area contributed by atoms with Crippen molar-refractivity contribution in [3.05, 3.63) is 47.3 Å². The van der Waals surface area contributed by atoms with E-state index >= 15 is 0 Å². The highest BCUT2D eigenvalue weighted by atomic mass is 19.1. The molecule has 0 amide bonds. The van der Waals surface area contributed by atoms with E-state index in [-0.39, 0.29) is 18.0 Å². The Morgan fingerprint density at radius 2 is 2.10 bits per heavy atom. The summed E-state index contributed by atoms with van der Waals surface area (Å²) in [4.78, 5) is 9.34. The Kier molecular flexibility index (Phi) is 7.19. The number of nitrogens with one attached hydrogen (secondary N) is 2. The Labute approximate surface area is 171 Å². The second kappa shape index (κ2) is 9.82. The van der Waals surface area contributed by atoms with E-state index in [0.29, 0.717) is 12.5 Å². The van der Waals surface area contributed by atoms with Gasteiger partial charge in [-0.05, 0) is 31.0 Å². The van der Waals surface area contributed by atoms with Crippen molar-refractivity contribution in [1.82, 2.24) is 25.4 Å². The third-order valence-corrected chi connectivity index (χ3v) is 5.02. The molecular formula is C21H31FN6O. The van der Waals surface area contributed by atoms with Crippen LogP contribution in [0.3, 0.4) is 0 Å². The molecule has 29 heavy (non-hydrogen) atoms. The molecule has 2 unspecified atom stereocenters. The zero-order valence-corrected chi connectivity index (χ0v) is 17.7. The maximum atomic E-state index is 13.2. The minimum Gasteiger partial charge on any atom is -0.375 e. The average molecular weight is 403 g/mol. The fraction of sp³-hybridized carbons (Fsp3) is 0.571. The Bertz CT molecular complexity index is 817. The molecule has 1 aromatic heterocycles. The molecule has 0 radical (unpaired) electrons. The number of guanidine groups is 1. The van der Waals surface area contributed by atoms with E-state index in [1.54, 1.807) is 19.2 Å². The Morgan fingerprint density at radius 3 is 2.76 bits per heavy atom. The highest BCUT2D eigenvalue weighted by Gasteiger charge is 2.23. The summed E-state index contributed by atoms with van der Waals surface area (Å²) < 4.78 is 20.7. The van der Waals surface area contributed by atoms with Crippen molar-refractivity contribution in [3.63, 3.8) is 0 Å². The molecule has 0 saturated carbocycles. The first-order chi connectivity index (χ1) is 14.0. The van der Waals surface area contributed by atoms with Crippen LogP contribution in [0.4, 0.5) is 4.39 Å². The fourth-order valence-corrected chi connectivity index (χ4v) is 3.37. The molecule has 1 aliphatic heterocycles. The van der Waals surface area contributed by atoms with Crippen LogP contribution in [-0.2, 0) is 17.7 Å². The van der Waals surface area contributed by atoms with Gasteiger partial charge in [0.25, 0.3) is 0 Å². The number of hydrogen-bond donors (Lipinski definition) is 2. The lowest BCUT2D eigenvalue weighted by Gasteiger charge is -2.25. The van der Waals surface area contributed by atoms with Gasteiger partial charge in [-0.25, -0.2) is 14.1 Å². The van der Waals surface area contributed by atoms with Gasteiger partial charge in [-0.2, -0.15) is 5.10 Å². The minimum atomic E-state index is -0.257. The van der Waals surface area contributed by atoms with Gasteiger partial charge in [0, 0.05) is 32.0 Å². The molecule has 0 aliphatic carbocycles. The SMILES string of the molecule is CCNC(=NCC(OC)c1ccc(F)cc1)NC1CCc2nc(C(C)C)nn2C1. The maximum Gasteiger partial charge on any atom is 0.191 e. The van der Waals surface area contributed by atoms with Gasteiger partial charge in [0.15, 0.2) is 11.8 Å². The zero-order chi connectivity index (χ0) is 20.8. The molecule has 2 heterocycles. The van der Waals surface area contributed by atoms with E-state index in [0.717, 1.165) is 49.1 Å². The summed E-state index contributed by atoms with van der Waals surface area (Å²) in [6.07, 6.45) is 1.65. The number of aryl methyl sites for hydroxylation is 1. The minimum absolute atomic E-state index is 0.229. The van der Waals surface area contributed by atoms with Crippen molar-refractivity contribution < 1.29 is 9.13 Å². The van der Waals surface area contributed by atoms with Gasteiger partial charge in [-0.3, -0.25) is 4.99 Å². The Hall–Kier alpha value is -2.48. The highest BCUT2D eigenvalue weighted by molar-refractivity contribution is 5.80. The van der Waals surface area contributed by atoms with Crippen LogP contribution in [0, 0.1) is 5.82 Å². The van der Waals surface area contributed by atoms with E-state index in [1.807, 2.05) is 11.6 Å². The van der Waals surface area contributed by atoms with Gasteiger partial charge in [-0.1, -0.05) is 26.0 Å². The van der Waals surface area contributed by atoms with Gasteiger partial charge in [0.2, 0.25) is 0 Å². The van der Waals surface area contributed by atoms with Gasteiger partial charge in [-0.15, -0.1) is 0 Å². The van der Waals surface area contributed by atoms with Crippen molar-refractivity contribution in [2.45, 2.75) is 58.2 Å². The molecule has 3 rings (SSSR count). The van der Waals surface area contributed by atoms with Gasteiger partial charge in [0.1, 0.15) is 17.7 Å². The first-order valence-electron chi connectivity index (χ1n) is 10.3.